The Kier molecular flexibility index (Phi) is 3.61. The Morgan fingerprint density at radius 1 is 0.800 bits per heavy atom. The normalized spacial score (nSPS) is 23.4. The Hall–Kier alpha value is 0.354. The fourth-order valence-electron chi connectivity index (χ4n) is 1.35. The number of hydrogen-bond acceptors (Lipinski definition) is 2. The van der Waals surface area contributed by atoms with E-state index in [-0.39, 0.29) is 17.9 Å². The van der Waals surface area contributed by atoms with Crippen LogP contribution in [0, 0.1) is 0 Å². The first-order valence-electron chi connectivity index (χ1n) is 3.91. The van der Waals surface area contributed by atoms with E-state index < -0.39 is 0 Å². The number of nitrogens with one attached hydrogen (secondary N) is 2. The average Bonchev–Trinajstić information content (AvgIpc) is 2.05. The molecule has 10 heavy (non-hydrogen) atoms. The summed E-state index contributed by atoms with van der Waals surface area (Å²) in [6, 6.07) is 5.93. The third-order valence-corrected chi connectivity index (χ3v) is 7.99. The second-order valence-electron chi connectivity index (χ2n) is 2.71. The molecule has 0 saturated carbocycles. The second kappa shape index (κ2) is 4.28. The summed E-state index contributed by atoms with van der Waals surface area (Å²) in [6.07, 6.45) is 0. The maximum atomic E-state index is 3.44. The Morgan fingerprint density at radius 3 is 1.30 bits per heavy atom. The van der Waals surface area contributed by atoms with Gasteiger partial charge in [0.25, 0.3) is 0 Å². The van der Waals surface area contributed by atoms with Crippen LogP contribution in [0.4, 0.5) is 0 Å². The monoisotopic (exact) mass is 172 g/mol. The molecule has 1 fully saturated rings. The molecule has 1 aliphatic rings. The SMILES string of the molecule is CN[Si]1CC[Si](NC)CC1. The van der Waals surface area contributed by atoms with Crippen LogP contribution in [0.15, 0.2) is 0 Å². The highest BCUT2D eigenvalue weighted by Crippen LogP contribution is 2.16. The van der Waals surface area contributed by atoms with Gasteiger partial charge in [-0.1, -0.05) is 0 Å². The van der Waals surface area contributed by atoms with E-state index in [0.29, 0.717) is 0 Å². The molecule has 1 heterocycles. The van der Waals surface area contributed by atoms with Crippen LogP contribution >= 0.6 is 0 Å². The van der Waals surface area contributed by atoms with Crippen molar-refractivity contribution < 1.29 is 0 Å². The van der Waals surface area contributed by atoms with E-state index in [2.05, 4.69) is 24.1 Å². The van der Waals surface area contributed by atoms with Crippen LogP contribution in [0.2, 0.25) is 24.2 Å². The quantitative estimate of drug-likeness (QED) is 0.590. The molecule has 0 aromatic carbocycles. The topological polar surface area (TPSA) is 24.1 Å². The van der Waals surface area contributed by atoms with Crippen molar-refractivity contribution in [2.24, 2.45) is 0 Å². The van der Waals surface area contributed by atoms with Crippen LogP contribution in [0.5, 0.6) is 0 Å². The molecule has 0 bridgehead atoms. The van der Waals surface area contributed by atoms with Crippen LogP contribution in [-0.2, 0) is 0 Å². The van der Waals surface area contributed by atoms with Gasteiger partial charge in [-0.05, 0) is 38.3 Å². The summed E-state index contributed by atoms with van der Waals surface area (Å²) >= 11 is 0. The van der Waals surface area contributed by atoms with Crippen molar-refractivity contribution >= 4 is 17.9 Å². The molecule has 0 spiro atoms. The fourth-order valence-corrected chi connectivity index (χ4v) is 7.68. The van der Waals surface area contributed by atoms with Gasteiger partial charge in [0.2, 0.25) is 0 Å². The van der Waals surface area contributed by atoms with Crippen molar-refractivity contribution in [3.05, 3.63) is 0 Å². The molecule has 0 atom stereocenters. The van der Waals surface area contributed by atoms with Crippen LogP contribution < -0.4 is 9.96 Å². The second-order valence-corrected chi connectivity index (χ2v) is 8.12. The molecule has 58 valence electrons. The molecule has 2 N–H and O–H groups in total. The molecule has 4 heteroatoms. The molecule has 0 unspecified atom stereocenters. The summed E-state index contributed by atoms with van der Waals surface area (Å²) in [6.45, 7) is 0. The van der Waals surface area contributed by atoms with Gasteiger partial charge in [0.1, 0.15) is 17.9 Å². The zero-order valence-electron chi connectivity index (χ0n) is 6.83. The van der Waals surface area contributed by atoms with E-state index in [1.807, 2.05) is 0 Å². The van der Waals surface area contributed by atoms with Gasteiger partial charge >= 0.3 is 0 Å². The van der Waals surface area contributed by atoms with Crippen LogP contribution in [0.25, 0.3) is 0 Å². The average molecular weight is 172 g/mol. The highest BCUT2D eigenvalue weighted by Gasteiger charge is 2.21. The van der Waals surface area contributed by atoms with Gasteiger partial charge in [-0.2, -0.15) is 0 Å². The third-order valence-electron chi connectivity index (χ3n) is 2.16. The number of hydrogen-bond donors (Lipinski definition) is 2. The van der Waals surface area contributed by atoms with Crippen molar-refractivity contribution in [3.8, 4) is 0 Å². The predicted molar refractivity (Wildman–Crippen MR) is 48.9 cm³/mol. The lowest BCUT2D eigenvalue weighted by molar-refractivity contribution is 1.02. The highest BCUT2D eigenvalue weighted by molar-refractivity contribution is 6.67. The molecule has 0 amide bonds. The molecule has 1 aliphatic heterocycles. The van der Waals surface area contributed by atoms with E-state index in [1.165, 1.54) is 24.2 Å². The summed E-state index contributed by atoms with van der Waals surface area (Å²) < 4.78 is 0. The molecular formula is C6H16N2Si2. The lowest BCUT2D eigenvalue weighted by atomic mass is 10.9. The molecule has 0 aromatic heterocycles. The number of rotatable bonds is 2. The molecule has 1 saturated heterocycles. The van der Waals surface area contributed by atoms with Crippen molar-refractivity contribution in [1.82, 2.24) is 9.96 Å². The fraction of sp³-hybridized carbons (Fsp3) is 1.00. The van der Waals surface area contributed by atoms with Crippen LogP contribution in [0.3, 0.4) is 0 Å². The van der Waals surface area contributed by atoms with Crippen LogP contribution in [-0.4, -0.2) is 32.0 Å². The van der Waals surface area contributed by atoms with Crippen molar-refractivity contribution in [2.75, 3.05) is 14.1 Å². The maximum absolute atomic E-state index is 3.44. The first-order chi connectivity index (χ1) is 4.86. The summed E-state index contributed by atoms with van der Waals surface area (Å²) in [5.74, 6) is 0. The van der Waals surface area contributed by atoms with E-state index in [9.17, 15) is 0 Å². The molecule has 0 aliphatic carbocycles. The minimum absolute atomic E-state index is 0.0943. The lowest BCUT2D eigenvalue weighted by Crippen LogP contribution is -2.41. The van der Waals surface area contributed by atoms with E-state index in [0.717, 1.165) is 0 Å². The minimum atomic E-state index is -0.0943. The molecule has 2 nitrogen and oxygen atoms in total. The third kappa shape index (κ3) is 2.19. The zero-order chi connectivity index (χ0) is 7.40. The summed E-state index contributed by atoms with van der Waals surface area (Å²) in [7, 11) is 4.04. The minimum Gasteiger partial charge on any atom is -0.341 e. The lowest BCUT2D eigenvalue weighted by Gasteiger charge is -2.24. The van der Waals surface area contributed by atoms with Crippen molar-refractivity contribution in [2.45, 2.75) is 24.2 Å². The van der Waals surface area contributed by atoms with Crippen molar-refractivity contribution in [1.29, 1.82) is 0 Å². The Labute approximate surface area is 66.8 Å². The first-order valence-corrected chi connectivity index (χ1v) is 7.74. The molecule has 0 aromatic rings. The first kappa shape index (κ1) is 8.45. The van der Waals surface area contributed by atoms with E-state index in [1.54, 1.807) is 0 Å². The standard InChI is InChI=1S/C6H16N2Si2/c1-7-9-3-5-10(8-2)6-4-9/h7-8H,3-6H2,1-2H3. The maximum Gasteiger partial charge on any atom is 0.132 e. The summed E-state index contributed by atoms with van der Waals surface area (Å²) in [5, 5.41) is 0. The van der Waals surface area contributed by atoms with E-state index >= 15 is 0 Å². The molecule has 2 radical (unpaired) electrons. The molecular weight excluding hydrogens is 156 g/mol. The van der Waals surface area contributed by atoms with Gasteiger partial charge in [-0.25, -0.2) is 0 Å². The smallest absolute Gasteiger partial charge is 0.132 e. The van der Waals surface area contributed by atoms with Gasteiger partial charge in [0.05, 0.1) is 0 Å². The Morgan fingerprint density at radius 2 is 1.10 bits per heavy atom. The molecule has 1 rings (SSSR count). The van der Waals surface area contributed by atoms with Crippen LogP contribution in [0.1, 0.15) is 0 Å². The summed E-state index contributed by atoms with van der Waals surface area (Å²) in [5.41, 5.74) is 0. The predicted octanol–water partition coefficient (Wildman–Crippen LogP) is 0.422. The van der Waals surface area contributed by atoms with Gasteiger partial charge in [-0.15, -0.1) is 0 Å². The summed E-state index contributed by atoms with van der Waals surface area (Å²) in [4.78, 5) is 6.88. The van der Waals surface area contributed by atoms with Gasteiger partial charge in [0.15, 0.2) is 0 Å². The largest absolute Gasteiger partial charge is 0.341 e. The van der Waals surface area contributed by atoms with Gasteiger partial charge in [-0.3, -0.25) is 0 Å². The highest BCUT2D eigenvalue weighted by atomic mass is 28.3. The van der Waals surface area contributed by atoms with Gasteiger partial charge in [0, 0.05) is 0 Å². The van der Waals surface area contributed by atoms with Crippen molar-refractivity contribution in [3.63, 3.8) is 0 Å². The zero-order valence-corrected chi connectivity index (χ0v) is 8.83. The Bertz CT molecular complexity index is 79.7. The van der Waals surface area contributed by atoms with E-state index in [4.69, 9.17) is 0 Å². The van der Waals surface area contributed by atoms with Gasteiger partial charge < -0.3 is 9.96 Å². The Balaban J connectivity index is 2.17.